The summed E-state index contributed by atoms with van der Waals surface area (Å²) in [6.45, 7) is 0.828. The average molecular weight is 269 g/mol. The third-order valence-corrected chi connectivity index (χ3v) is 3.26. The van der Waals surface area contributed by atoms with Gasteiger partial charge in [0.1, 0.15) is 0 Å². The molecule has 5 heteroatoms. The van der Waals surface area contributed by atoms with Crippen LogP contribution in [0.3, 0.4) is 0 Å². The van der Waals surface area contributed by atoms with Crippen LogP contribution in [-0.4, -0.2) is 55.0 Å². The molecule has 0 amide bonds. The summed E-state index contributed by atoms with van der Waals surface area (Å²) < 4.78 is 4.60. The van der Waals surface area contributed by atoms with E-state index in [0.717, 1.165) is 17.8 Å². The van der Waals surface area contributed by atoms with Crippen LogP contribution in [0.5, 0.6) is 0 Å². The Bertz CT molecular complexity index is 362. The molecule has 0 aromatic heterocycles. The zero-order chi connectivity index (χ0) is 14.3. The molecule has 0 aliphatic heterocycles. The second kappa shape index (κ2) is 7.96. The van der Waals surface area contributed by atoms with E-state index in [0.29, 0.717) is 19.3 Å². The summed E-state index contributed by atoms with van der Waals surface area (Å²) in [5, 5.41) is 18.5. The van der Waals surface area contributed by atoms with Gasteiger partial charge in [-0.3, -0.25) is 4.79 Å². The van der Waals surface area contributed by atoms with E-state index in [4.69, 9.17) is 0 Å². The van der Waals surface area contributed by atoms with Crippen molar-refractivity contribution in [3.8, 4) is 0 Å². The number of hydrogen-bond acceptors (Lipinski definition) is 5. The number of esters is 1. The zero-order valence-electron chi connectivity index (χ0n) is 11.6. The molecule has 1 aliphatic carbocycles. The normalized spacial score (nSPS) is 18.6. The molecule has 2 N–H and O–H groups in total. The maximum absolute atomic E-state index is 11.0. The lowest BCUT2D eigenvalue weighted by atomic mass is 9.93. The summed E-state index contributed by atoms with van der Waals surface area (Å²) in [6.07, 6.45) is 5.77. The Kier molecular flexibility index (Phi) is 6.59. The molecular weight excluding hydrogens is 246 g/mol. The van der Waals surface area contributed by atoms with Crippen molar-refractivity contribution in [3.05, 3.63) is 23.4 Å². The van der Waals surface area contributed by atoms with Crippen molar-refractivity contribution in [1.82, 2.24) is 4.90 Å². The number of carbonyl (C=O) groups excluding carboxylic acids is 1. The summed E-state index contributed by atoms with van der Waals surface area (Å²) in [7, 11) is 3.33. The highest BCUT2D eigenvalue weighted by molar-refractivity contribution is 5.69. The molecule has 1 unspecified atom stereocenters. The Labute approximate surface area is 114 Å². The van der Waals surface area contributed by atoms with Gasteiger partial charge in [0.15, 0.2) is 0 Å². The smallest absolute Gasteiger partial charge is 0.305 e. The van der Waals surface area contributed by atoms with Gasteiger partial charge in [-0.25, -0.2) is 0 Å². The standard InChI is InChI=1S/C14H23NO4/c1-15(5-3-4-14(18)19-2)13-7-11(9-16)6-12(8-13)10-17/h7-8,11,16-17H,3-6,9-10H2,1-2H3. The maximum Gasteiger partial charge on any atom is 0.305 e. The lowest BCUT2D eigenvalue weighted by molar-refractivity contribution is -0.140. The fraction of sp³-hybridized carbons (Fsp3) is 0.643. The lowest BCUT2D eigenvalue weighted by Gasteiger charge is -2.26. The van der Waals surface area contributed by atoms with Crippen LogP contribution < -0.4 is 0 Å². The number of allylic oxidation sites excluding steroid dienone is 1. The van der Waals surface area contributed by atoms with Gasteiger partial charge < -0.3 is 19.8 Å². The van der Waals surface area contributed by atoms with Crippen LogP contribution in [0.4, 0.5) is 0 Å². The van der Waals surface area contributed by atoms with Gasteiger partial charge in [-0.05, 0) is 24.5 Å². The van der Waals surface area contributed by atoms with Crippen LogP contribution in [0.2, 0.25) is 0 Å². The average Bonchev–Trinajstić information content (AvgIpc) is 2.46. The van der Waals surface area contributed by atoms with Gasteiger partial charge in [-0.15, -0.1) is 0 Å². The van der Waals surface area contributed by atoms with E-state index in [1.807, 2.05) is 24.1 Å². The van der Waals surface area contributed by atoms with Crippen molar-refractivity contribution in [2.75, 3.05) is 33.9 Å². The van der Waals surface area contributed by atoms with Crippen LogP contribution in [0, 0.1) is 5.92 Å². The molecule has 0 heterocycles. The number of aliphatic hydroxyl groups excluding tert-OH is 2. The Hall–Kier alpha value is -1.33. The van der Waals surface area contributed by atoms with Crippen LogP contribution in [0.15, 0.2) is 23.4 Å². The molecule has 5 nitrogen and oxygen atoms in total. The molecule has 0 radical (unpaired) electrons. The van der Waals surface area contributed by atoms with Gasteiger partial charge in [-0.1, -0.05) is 6.08 Å². The second-order valence-corrected chi connectivity index (χ2v) is 4.80. The lowest BCUT2D eigenvalue weighted by Crippen LogP contribution is -2.23. The number of carbonyl (C=O) groups is 1. The van der Waals surface area contributed by atoms with Crippen molar-refractivity contribution in [2.24, 2.45) is 5.92 Å². The molecule has 0 bridgehead atoms. The topological polar surface area (TPSA) is 70.0 Å². The van der Waals surface area contributed by atoms with Crippen molar-refractivity contribution in [3.63, 3.8) is 0 Å². The molecule has 1 atom stereocenters. The quantitative estimate of drug-likeness (QED) is 0.665. The largest absolute Gasteiger partial charge is 0.469 e. The molecule has 0 saturated carbocycles. The summed E-state index contributed by atoms with van der Waals surface area (Å²) >= 11 is 0. The van der Waals surface area contributed by atoms with E-state index in [1.165, 1.54) is 7.11 Å². The Morgan fingerprint density at radius 2 is 2.26 bits per heavy atom. The maximum atomic E-state index is 11.0. The van der Waals surface area contributed by atoms with E-state index < -0.39 is 0 Å². The third-order valence-electron chi connectivity index (χ3n) is 3.26. The highest BCUT2D eigenvalue weighted by Gasteiger charge is 2.16. The van der Waals surface area contributed by atoms with Gasteiger partial charge in [-0.2, -0.15) is 0 Å². The first kappa shape index (κ1) is 15.7. The Morgan fingerprint density at radius 1 is 1.53 bits per heavy atom. The number of likely N-dealkylation sites (N-methyl/N-ethyl adjacent to an activating group) is 1. The van der Waals surface area contributed by atoms with E-state index in [1.54, 1.807) is 0 Å². The number of hydrogen-bond donors (Lipinski definition) is 2. The van der Waals surface area contributed by atoms with Crippen molar-refractivity contribution in [2.45, 2.75) is 19.3 Å². The van der Waals surface area contributed by atoms with Crippen LogP contribution in [0.1, 0.15) is 19.3 Å². The minimum Gasteiger partial charge on any atom is -0.469 e. The predicted molar refractivity (Wildman–Crippen MR) is 72.3 cm³/mol. The highest BCUT2D eigenvalue weighted by atomic mass is 16.5. The van der Waals surface area contributed by atoms with Gasteiger partial charge >= 0.3 is 5.97 Å². The molecule has 0 fully saturated rings. The first-order valence-corrected chi connectivity index (χ1v) is 6.51. The van der Waals surface area contributed by atoms with Crippen molar-refractivity contribution >= 4 is 5.97 Å². The van der Waals surface area contributed by atoms with E-state index >= 15 is 0 Å². The molecule has 0 saturated heterocycles. The summed E-state index contributed by atoms with van der Waals surface area (Å²) in [4.78, 5) is 13.1. The third kappa shape index (κ3) is 5.04. The van der Waals surface area contributed by atoms with E-state index in [2.05, 4.69) is 4.74 Å². The molecule has 1 aliphatic rings. The minimum atomic E-state index is -0.203. The van der Waals surface area contributed by atoms with E-state index in [9.17, 15) is 15.0 Å². The molecular formula is C14H23NO4. The van der Waals surface area contributed by atoms with Gasteiger partial charge in [0.05, 0.1) is 13.7 Å². The first-order valence-electron chi connectivity index (χ1n) is 6.51. The van der Waals surface area contributed by atoms with Crippen LogP contribution in [-0.2, 0) is 9.53 Å². The number of rotatable bonds is 7. The summed E-state index contributed by atoms with van der Waals surface area (Å²) in [5.74, 6) is -0.143. The highest BCUT2D eigenvalue weighted by Crippen LogP contribution is 2.23. The predicted octanol–water partition coefficient (Wildman–Crippen LogP) is 0.686. The molecule has 0 aromatic carbocycles. The minimum absolute atomic E-state index is 0.0177. The number of methoxy groups -OCH3 is 1. The molecule has 108 valence electrons. The molecule has 0 spiro atoms. The fourth-order valence-electron chi connectivity index (χ4n) is 2.11. The SMILES string of the molecule is COC(=O)CCCN(C)C1=CC(CO)CC(CO)=C1. The first-order chi connectivity index (χ1) is 9.10. The number of aliphatic hydroxyl groups is 2. The fourth-order valence-corrected chi connectivity index (χ4v) is 2.11. The van der Waals surface area contributed by atoms with Gasteiger partial charge in [0.2, 0.25) is 0 Å². The van der Waals surface area contributed by atoms with Gasteiger partial charge in [0, 0.05) is 38.2 Å². The monoisotopic (exact) mass is 269 g/mol. The van der Waals surface area contributed by atoms with Crippen LogP contribution in [0.25, 0.3) is 0 Å². The van der Waals surface area contributed by atoms with E-state index in [-0.39, 0.29) is 25.1 Å². The number of ether oxygens (including phenoxy) is 1. The Balaban J connectivity index is 2.54. The van der Waals surface area contributed by atoms with Crippen molar-refractivity contribution < 1.29 is 19.7 Å². The molecule has 0 aromatic rings. The summed E-state index contributed by atoms with van der Waals surface area (Å²) in [5.41, 5.74) is 1.91. The van der Waals surface area contributed by atoms with Crippen molar-refractivity contribution in [1.29, 1.82) is 0 Å². The second-order valence-electron chi connectivity index (χ2n) is 4.80. The zero-order valence-corrected chi connectivity index (χ0v) is 11.6. The summed E-state index contributed by atoms with van der Waals surface area (Å²) in [6, 6.07) is 0. The van der Waals surface area contributed by atoms with Crippen LogP contribution >= 0.6 is 0 Å². The Morgan fingerprint density at radius 3 is 2.84 bits per heavy atom. The number of nitrogens with zero attached hydrogens (tertiary/aromatic N) is 1. The molecule has 19 heavy (non-hydrogen) atoms. The molecule has 1 rings (SSSR count). The van der Waals surface area contributed by atoms with Gasteiger partial charge in [0.25, 0.3) is 0 Å².